The molecular weight excluding hydrogens is 322 g/mol. The van der Waals surface area contributed by atoms with Gasteiger partial charge in [-0.1, -0.05) is 18.2 Å². The van der Waals surface area contributed by atoms with Crippen molar-refractivity contribution in [2.75, 3.05) is 11.9 Å². The Kier molecular flexibility index (Phi) is 4.74. The number of carboxylic acids is 1. The lowest BCUT2D eigenvalue weighted by atomic mass is 9.92. The lowest BCUT2D eigenvalue weighted by Gasteiger charge is -2.25. The molecule has 1 aliphatic rings. The molecule has 0 radical (unpaired) electrons. The number of amides is 1. The summed E-state index contributed by atoms with van der Waals surface area (Å²) in [6.07, 6.45) is 0.608. The van der Waals surface area contributed by atoms with E-state index in [4.69, 9.17) is 9.84 Å². The third-order valence-electron chi connectivity index (χ3n) is 4.44. The maximum atomic E-state index is 12.8. The van der Waals surface area contributed by atoms with Crippen LogP contribution in [0.15, 0.2) is 24.3 Å². The summed E-state index contributed by atoms with van der Waals surface area (Å²) in [5, 5.41) is 16.1. The zero-order valence-electron chi connectivity index (χ0n) is 14.3. The number of aliphatic carboxylic acids is 1. The molecular formula is C18H21N3O4. The molecule has 7 heteroatoms. The molecule has 1 aromatic carbocycles. The van der Waals surface area contributed by atoms with Gasteiger partial charge in [-0.3, -0.25) is 14.3 Å². The topological polar surface area (TPSA) is 93.5 Å². The van der Waals surface area contributed by atoms with Gasteiger partial charge in [-0.25, -0.2) is 0 Å². The Morgan fingerprint density at radius 1 is 1.36 bits per heavy atom. The third kappa shape index (κ3) is 3.50. The first-order valence-corrected chi connectivity index (χ1v) is 8.25. The van der Waals surface area contributed by atoms with E-state index in [-0.39, 0.29) is 24.8 Å². The number of benzene rings is 1. The van der Waals surface area contributed by atoms with E-state index in [1.54, 1.807) is 11.6 Å². The minimum atomic E-state index is -0.878. The molecule has 0 aliphatic carbocycles. The molecule has 2 N–H and O–H groups in total. The molecule has 0 saturated carbocycles. The maximum Gasteiger partial charge on any atom is 0.305 e. The highest BCUT2D eigenvalue weighted by Crippen LogP contribution is 2.34. The van der Waals surface area contributed by atoms with Crippen molar-refractivity contribution in [3.05, 3.63) is 41.2 Å². The number of hydrogen-bond donors (Lipinski definition) is 2. The molecule has 0 fully saturated rings. The highest BCUT2D eigenvalue weighted by Gasteiger charge is 2.28. The average molecular weight is 343 g/mol. The van der Waals surface area contributed by atoms with E-state index in [0.29, 0.717) is 24.4 Å². The van der Waals surface area contributed by atoms with Crippen LogP contribution in [0.3, 0.4) is 0 Å². The predicted octanol–water partition coefficient (Wildman–Crippen LogP) is 2.48. The van der Waals surface area contributed by atoms with Gasteiger partial charge in [0.15, 0.2) is 0 Å². The summed E-state index contributed by atoms with van der Waals surface area (Å²) in [6.45, 7) is 4.41. The largest absolute Gasteiger partial charge is 0.493 e. The zero-order chi connectivity index (χ0) is 18.0. The van der Waals surface area contributed by atoms with Crippen molar-refractivity contribution in [1.82, 2.24) is 9.78 Å². The van der Waals surface area contributed by atoms with Gasteiger partial charge in [0.05, 0.1) is 42.6 Å². The fourth-order valence-corrected chi connectivity index (χ4v) is 3.12. The van der Waals surface area contributed by atoms with Crippen LogP contribution in [0, 0.1) is 13.8 Å². The number of ether oxygens (including phenoxy) is 1. The lowest BCUT2D eigenvalue weighted by molar-refractivity contribution is -0.137. The molecule has 2 aromatic rings. The first-order valence-electron chi connectivity index (χ1n) is 8.25. The average Bonchev–Trinajstić information content (AvgIpc) is 2.87. The van der Waals surface area contributed by atoms with Crippen molar-refractivity contribution in [3.8, 4) is 5.75 Å². The fraction of sp³-hybridized carbons (Fsp3) is 0.389. The van der Waals surface area contributed by atoms with Gasteiger partial charge in [-0.2, -0.15) is 5.10 Å². The number of nitrogens with one attached hydrogen (secondary N) is 1. The summed E-state index contributed by atoms with van der Waals surface area (Å²) < 4.78 is 7.23. The summed E-state index contributed by atoms with van der Waals surface area (Å²) in [6, 6.07) is 7.57. The van der Waals surface area contributed by atoms with Crippen LogP contribution in [-0.4, -0.2) is 33.4 Å². The molecule has 25 heavy (non-hydrogen) atoms. The van der Waals surface area contributed by atoms with Crippen molar-refractivity contribution in [1.29, 1.82) is 0 Å². The number of anilines is 1. The monoisotopic (exact) mass is 343 g/mol. The Hall–Kier alpha value is -2.83. The Morgan fingerprint density at radius 2 is 2.12 bits per heavy atom. The standard InChI is InChI=1S/C18H21N3O4/c1-11-17(12(2)21(20-11)9-7-16(22)23)19-18(24)14-8-10-25-15-6-4-3-5-13(14)15/h3-6,14H,7-10H2,1-2H3,(H,19,24)(H,22,23). The molecule has 1 amide bonds. The van der Waals surface area contributed by atoms with Gasteiger partial charge in [-0.05, 0) is 26.3 Å². The molecule has 3 rings (SSSR count). The van der Waals surface area contributed by atoms with Crippen molar-refractivity contribution >= 4 is 17.6 Å². The Bertz CT molecular complexity index is 813. The van der Waals surface area contributed by atoms with E-state index >= 15 is 0 Å². The number of carbonyl (C=O) groups is 2. The van der Waals surface area contributed by atoms with E-state index < -0.39 is 5.97 Å². The molecule has 0 bridgehead atoms. The normalized spacial score (nSPS) is 16.0. The first kappa shape index (κ1) is 17.0. The van der Waals surface area contributed by atoms with E-state index in [0.717, 1.165) is 17.0 Å². The van der Waals surface area contributed by atoms with E-state index in [9.17, 15) is 9.59 Å². The molecule has 132 valence electrons. The van der Waals surface area contributed by atoms with Gasteiger partial charge in [0.25, 0.3) is 0 Å². The highest BCUT2D eigenvalue weighted by atomic mass is 16.5. The Labute approximate surface area is 145 Å². The van der Waals surface area contributed by atoms with Gasteiger partial charge in [-0.15, -0.1) is 0 Å². The number of rotatable bonds is 5. The second kappa shape index (κ2) is 6.96. The number of aryl methyl sites for hydroxylation is 2. The van der Waals surface area contributed by atoms with Crippen LogP contribution < -0.4 is 10.1 Å². The van der Waals surface area contributed by atoms with Crippen LogP contribution >= 0.6 is 0 Å². The van der Waals surface area contributed by atoms with Crippen molar-refractivity contribution in [3.63, 3.8) is 0 Å². The second-order valence-corrected chi connectivity index (χ2v) is 6.13. The smallest absolute Gasteiger partial charge is 0.305 e. The second-order valence-electron chi connectivity index (χ2n) is 6.13. The zero-order valence-corrected chi connectivity index (χ0v) is 14.3. The van der Waals surface area contributed by atoms with Crippen LogP contribution in [0.2, 0.25) is 0 Å². The van der Waals surface area contributed by atoms with Gasteiger partial charge >= 0.3 is 5.97 Å². The first-order chi connectivity index (χ1) is 12.0. The van der Waals surface area contributed by atoms with Crippen LogP contribution in [0.4, 0.5) is 5.69 Å². The quantitative estimate of drug-likeness (QED) is 0.870. The van der Waals surface area contributed by atoms with Crippen LogP contribution in [0.1, 0.15) is 35.7 Å². The van der Waals surface area contributed by atoms with Crippen LogP contribution in [0.25, 0.3) is 0 Å². The molecule has 1 unspecified atom stereocenters. The molecule has 1 aliphatic heterocycles. The number of hydrogen-bond acceptors (Lipinski definition) is 4. The van der Waals surface area contributed by atoms with Crippen molar-refractivity contribution < 1.29 is 19.4 Å². The summed E-state index contributed by atoms with van der Waals surface area (Å²) >= 11 is 0. The lowest BCUT2D eigenvalue weighted by Crippen LogP contribution is -2.26. The molecule has 7 nitrogen and oxygen atoms in total. The molecule has 1 aromatic heterocycles. The number of carbonyl (C=O) groups excluding carboxylic acids is 1. The van der Waals surface area contributed by atoms with E-state index in [2.05, 4.69) is 10.4 Å². The SMILES string of the molecule is Cc1nn(CCC(=O)O)c(C)c1NC(=O)C1CCOc2ccccc21. The predicted molar refractivity (Wildman–Crippen MR) is 91.9 cm³/mol. The van der Waals surface area contributed by atoms with Crippen molar-refractivity contribution in [2.45, 2.75) is 39.2 Å². The minimum absolute atomic E-state index is 0.0112. The molecule has 0 spiro atoms. The maximum absolute atomic E-state index is 12.8. The van der Waals surface area contributed by atoms with Crippen LogP contribution in [0.5, 0.6) is 5.75 Å². The summed E-state index contributed by atoms with van der Waals surface area (Å²) in [5.41, 5.74) is 2.98. The van der Waals surface area contributed by atoms with E-state index in [1.807, 2.05) is 31.2 Å². The fourth-order valence-electron chi connectivity index (χ4n) is 3.12. The number of fused-ring (bicyclic) bond motifs is 1. The van der Waals surface area contributed by atoms with Crippen molar-refractivity contribution in [2.24, 2.45) is 0 Å². The Balaban J connectivity index is 1.79. The van der Waals surface area contributed by atoms with E-state index in [1.165, 1.54) is 0 Å². The number of para-hydroxylation sites is 1. The molecule has 0 saturated heterocycles. The molecule has 2 heterocycles. The van der Waals surface area contributed by atoms with Crippen LogP contribution in [-0.2, 0) is 16.1 Å². The van der Waals surface area contributed by atoms with Gasteiger partial charge in [0.2, 0.25) is 5.91 Å². The van der Waals surface area contributed by atoms with Gasteiger partial charge in [0, 0.05) is 5.56 Å². The highest BCUT2D eigenvalue weighted by molar-refractivity contribution is 5.97. The van der Waals surface area contributed by atoms with Gasteiger partial charge < -0.3 is 15.2 Å². The molecule has 1 atom stereocenters. The van der Waals surface area contributed by atoms with Gasteiger partial charge in [0.1, 0.15) is 5.75 Å². The Morgan fingerprint density at radius 3 is 2.88 bits per heavy atom. The number of nitrogens with zero attached hydrogens (tertiary/aromatic N) is 2. The minimum Gasteiger partial charge on any atom is -0.493 e. The summed E-state index contributed by atoms with van der Waals surface area (Å²) in [5.74, 6) is -0.498. The number of carboxylic acid groups (broad SMARTS) is 1. The third-order valence-corrected chi connectivity index (χ3v) is 4.44. The number of aromatic nitrogens is 2. The summed E-state index contributed by atoms with van der Waals surface area (Å²) in [7, 11) is 0. The summed E-state index contributed by atoms with van der Waals surface area (Å²) in [4.78, 5) is 23.6.